The minimum absolute atomic E-state index is 0.0253. The summed E-state index contributed by atoms with van der Waals surface area (Å²) in [6.07, 6.45) is 7.61. The predicted octanol–water partition coefficient (Wildman–Crippen LogP) is 4.36. The number of ether oxygens (including phenoxy) is 2. The molecule has 10 heteroatoms. The molecule has 0 radical (unpaired) electrons. The Labute approximate surface area is 201 Å². The smallest absolute Gasteiger partial charge is 0.253 e. The number of likely N-dealkylation sites (tertiary alicyclic amines) is 1. The van der Waals surface area contributed by atoms with Gasteiger partial charge in [-0.25, -0.2) is 13.8 Å². The first-order valence-corrected chi connectivity index (χ1v) is 11.7. The molecule has 0 amide bonds. The highest BCUT2D eigenvalue weighted by Gasteiger charge is 2.24. The van der Waals surface area contributed by atoms with Crippen LogP contribution in [-0.2, 0) is 6.42 Å². The van der Waals surface area contributed by atoms with E-state index in [-0.39, 0.29) is 23.7 Å². The number of nitrogens with one attached hydrogen (secondary N) is 1. The van der Waals surface area contributed by atoms with Gasteiger partial charge in [0, 0.05) is 54.6 Å². The van der Waals surface area contributed by atoms with Gasteiger partial charge in [-0.1, -0.05) is 6.92 Å². The van der Waals surface area contributed by atoms with Crippen LogP contribution in [0.25, 0.3) is 22.3 Å². The summed E-state index contributed by atoms with van der Waals surface area (Å²) in [6, 6.07) is 4.32. The highest BCUT2D eigenvalue weighted by Crippen LogP contribution is 2.32. The van der Waals surface area contributed by atoms with Crippen LogP contribution in [0.4, 0.5) is 8.78 Å². The second-order valence-corrected chi connectivity index (χ2v) is 8.69. The summed E-state index contributed by atoms with van der Waals surface area (Å²) < 4.78 is 41.8. The van der Waals surface area contributed by atoms with Gasteiger partial charge >= 0.3 is 0 Å². The van der Waals surface area contributed by atoms with E-state index < -0.39 is 11.6 Å². The summed E-state index contributed by atoms with van der Waals surface area (Å²) in [4.78, 5) is 13.8. The van der Waals surface area contributed by atoms with Gasteiger partial charge < -0.3 is 19.4 Å². The van der Waals surface area contributed by atoms with E-state index >= 15 is 0 Å². The van der Waals surface area contributed by atoms with Gasteiger partial charge in [-0.2, -0.15) is 10.1 Å². The maximum Gasteiger partial charge on any atom is 0.253 e. The molecule has 5 heterocycles. The van der Waals surface area contributed by atoms with Crippen LogP contribution in [0, 0.1) is 11.6 Å². The van der Waals surface area contributed by atoms with Crippen molar-refractivity contribution < 1.29 is 18.3 Å². The van der Waals surface area contributed by atoms with Crippen molar-refractivity contribution in [2.24, 2.45) is 0 Å². The largest absolute Gasteiger partial charge is 0.479 e. The van der Waals surface area contributed by atoms with E-state index in [0.29, 0.717) is 17.3 Å². The van der Waals surface area contributed by atoms with Gasteiger partial charge in [-0.05, 0) is 37.1 Å². The number of pyridine rings is 2. The van der Waals surface area contributed by atoms with Gasteiger partial charge in [0.1, 0.15) is 5.65 Å². The third kappa shape index (κ3) is 4.34. The average Bonchev–Trinajstić information content (AvgIpc) is 3.54. The minimum atomic E-state index is -0.850. The zero-order chi connectivity index (χ0) is 24.5. The molecule has 1 saturated heterocycles. The number of fused-ring (bicyclic) bond motifs is 1. The van der Waals surface area contributed by atoms with Crippen LogP contribution in [0.5, 0.6) is 11.8 Å². The number of methoxy groups -OCH3 is 2. The molecular formula is C25H28F2N6O2. The zero-order valence-corrected chi connectivity index (χ0v) is 20.0. The standard InChI is InChI=1S/C25H28F2N6O2/c1-4-32-8-5-17(6-9-32)33-10-7-20(31-33)16-12-18-15(13-28-23(18)29-14-16)11-19-21(26)24(34-2)30-25(35-3)22(19)27/h7,10,12-14,17H,4-6,8-9,11H2,1-3H3,(H,28,29). The Bertz CT molecular complexity index is 1320. The normalized spacial score (nSPS) is 15.1. The molecule has 0 aliphatic carbocycles. The van der Waals surface area contributed by atoms with Crippen molar-refractivity contribution in [3.05, 3.63) is 53.5 Å². The van der Waals surface area contributed by atoms with E-state index in [1.807, 2.05) is 23.0 Å². The van der Waals surface area contributed by atoms with Crippen LogP contribution in [0.1, 0.15) is 36.9 Å². The van der Waals surface area contributed by atoms with E-state index in [1.54, 1.807) is 12.4 Å². The third-order valence-electron chi connectivity index (χ3n) is 6.76. The third-order valence-corrected chi connectivity index (χ3v) is 6.76. The van der Waals surface area contributed by atoms with Crippen LogP contribution in [0.2, 0.25) is 0 Å². The Hall–Kier alpha value is -3.53. The van der Waals surface area contributed by atoms with Crippen molar-refractivity contribution in [3.63, 3.8) is 0 Å². The number of aromatic amines is 1. The monoisotopic (exact) mass is 482 g/mol. The van der Waals surface area contributed by atoms with Crippen molar-refractivity contribution in [2.75, 3.05) is 33.9 Å². The van der Waals surface area contributed by atoms with Crippen molar-refractivity contribution in [1.29, 1.82) is 0 Å². The quantitative estimate of drug-likeness (QED) is 0.422. The fourth-order valence-electron chi connectivity index (χ4n) is 4.70. The minimum Gasteiger partial charge on any atom is -0.479 e. The molecule has 0 unspecified atom stereocenters. The fourth-order valence-corrected chi connectivity index (χ4v) is 4.70. The maximum absolute atomic E-state index is 14.9. The van der Waals surface area contributed by atoms with Crippen LogP contribution in [-0.4, -0.2) is 63.5 Å². The number of hydrogen-bond donors (Lipinski definition) is 1. The molecule has 0 aromatic carbocycles. The van der Waals surface area contributed by atoms with Crippen LogP contribution < -0.4 is 9.47 Å². The predicted molar refractivity (Wildman–Crippen MR) is 128 cm³/mol. The highest BCUT2D eigenvalue weighted by molar-refractivity contribution is 5.84. The molecular weight excluding hydrogens is 454 g/mol. The summed E-state index contributed by atoms with van der Waals surface area (Å²) in [6.45, 7) is 5.42. The Morgan fingerprint density at radius 3 is 2.49 bits per heavy atom. The van der Waals surface area contributed by atoms with Gasteiger partial charge in [0.2, 0.25) is 0 Å². The van der Waals surface area contributed by atoms with Crippen molar-refractivity contribution in [2.45, 2.75) is 32.2 Å². The highest BCUT2D eigenvalue weighted by atomic mass is 19.1. The number of aromatic nitrogens is 5. The van der Waals surface area contributed by atoms with Crippen LogP contribution in [0.15, 0.2) is 30.7 Å². The lowest BCUT2D eigenvalue weighted by molar-refractivity contribution is 0.187. The van der Waals surface area contributed by atoms with E-state index in [1.165, 1.54) is 14.2 Å². The molecule has 184 valence electrons. The first-order valence-electron chi connectivity index (χ1n) is 11.7. The van der Waals surface area contributed by atoms with Crippen LogP contribution in [0.3, 0.4) is 0 Å². The van der Waals surface area contributed by atoms with E-state index in [0.717, 1.165) is 49.1 Å². The number of rotatable bonds is 7. The van der Waals surface area contributed by atoms with Gasteiger partial charge in [0.25, 0.3) is 11.8 Å². The molecule has 0 bridgehead atoms. The van der Waals surface area contributed by atoms with Gasteiger partial charge in [-0.15, -0.1) is 0 Å². The number of H-pyrrole nitrogens is 1. The van der Waals surface area contributed by atoms with Gasteiger partial charge in [0.05, 0.1) is 26.0 Å². The molecule has 1 aliphatic heterocycles. The lowest BCUT2D eigenvalue weighted by Gasteiger charge is -2.31. The molecule has 35 heavy (non-hydrogen) atoms. The number of hydrogen-bond acceptors (Lipinski definition) is 6. The topological polar surface area (TPSA) is 81.1 Å². The van der Waals surface area contributed by atoms with Crippen LogP contribution >= 0.6 is 0 Å². The summed E-state index contributed by atoms with van der Waals surface area (Å²) in [5, 5.41) is 5.59. The Balaban J connectivity index is 1.45. The molecule has 0 spiro atoms. The lowest BCUT2D eigenvalue weighted by Crippen LogP contribution is -2.34. The summed E-state index contributed by atoms with van der Waals surface area (Å²) in [5.41, 5.74) is 2.79. The molecule has 1 N–H and O–H groups in total. The van der Waals surface area contributed by atoms with E-state index in [2.05, 4.69) is 26.8 Å². The second-order valence-electron chi connectivity index (χ2n) is 8.69. The van der Waals surface area contributed by atoms with Gasteiger partial charge in [-0.3, -0.25) is 4.68 Å². The average molecular weight is 483 g/mol. The van der Waals surface area contributed by atoms with E-state index in [9.17, 15) is 8.78 Å². The van der Waals surface area contributed by atoms with Crippen molar-refractivity contribution >= 4 is 11.0 Å². The summed E-state index contributed by atoms with van der Waals surface area (Å²) in [7, 11) is 2.56. The van der Waals surface area contributed by atoms with Gasteiger partial charge in [0.15, 0.2) is 11.6 Å². The first-order chi connectivity index (χ1) is 17.0. The van der Waals surface area contributed by atoms with Crippen molar-refractivity contribution in [1.82, 2.24) is 29.6 Å². The number of halogens is 2. The Kier molecular flexibility index (Phi) is 6.38. The zero-order valence-electron chi connectivity index (χ0n) is 20.0. The maximum atomic E-state index is 14.9. The first kappa shape index (κ1) is 23.2. The van der Waals surface area contributed by atoms with Crippen molar-refractivity contribution in [3.8, 4) is 23.0 Å². The Morgan fingerprint density at radius 2 is 1.83 bits per heavy atom. The molecule has 4 aromatic heterocycles. The summed E-state index contributed by atoms with van der Waals surface area (Å²) in [5.74, 6) is -2.33. The lowest BCUT2D eigenvalue weighted by atomic mass is 10.0. The molecule has 0 saturated carbocycles. The molecule has 1 aliphatic rings. The molecule has 5 rings (SSSR count). The molecule has 4 aromatic rings. The Morgan fingerprint density at radius 1 is 1.11 bits per heavy atom. The van der Waals surface area contributed by atoms with E-state index in [4.69, 9.17) is 14.6 Å². The summed E-state index contributed by atoms with van der Waals surface area (Å²) >= 11 is 0. The molecule has 1 fully saturated rings. The number of piperidine rings is 1. The second kappa shape index (κ2) is 9.61. The SMILES string of the molecule is CCN1CCC(n2ccc(-c3cnc4[nH]cc(Cc5c(F)c(OC)nc(OC)c5F)c4c3)n2)CC1. The number of nitrogens with zero attached hydrogens (tertiary/aromatic N) is 5. The molecule has 8 nitrogen and oxygen atoms in total. The fraction of sp³-hybridized carbons (Fsp3) is 0.400. The molecule has 0 atom stereocenters.